The average Bonchev–Trinajstić information content (AvgIpc) is 2.90. The van der Waals surface area contributed by atoms with E-state index in [2.05, 4.69) is 31.3 Å². The zero-order valence-corrected chi connectivity index (χ0v) is 13.4. The highest BCUT2D eigenvalue weighted by molar-refractivity contribution is 9.10. The van der Waals surface area contributed by atoms with Crippen molar-refractivity contribution in [2.24, 2.45) is 5.73 Å². The van der Waals surface area contributed by atoms with Crippen LogP contribution in [0.3, 0.4) is 0 Å². The average molecular weight is 369 g/mol. The van der Waals surface area contributed by atoms with Gasteiger partial charge in [-0.3, -0.25) is 9.59 Å². The number of aromatic nitrogens is 3. The molecule has 1 aromatic carbocycles. The number of nitrogens with zero attached hydrogens (tertiary/aromatic N) is 2. The van der Waals surface area contributed by atoms with Crippen LogP contribution in [-0.4, -0.2) is 33.9 Å². The number of hydrogen-bond donors (Lipinski definition) is 2. The van der Waals surface area contributed by atoms with Crippen molar-refractivity contribution in [3.63, 3.8) is 0 Å². The fourth-order valence-electron chi connectivity index (χ4n) is 1.81. The molecule has 0 aliphatic carbocycles. The summed E-state index contributed by atoms with van der Waals surface area (Å²) in [7, 11) is 0. The Bertz CT molecular complexity index is 729. The van der Waals surface area contributed by atoms with E-state index in [4.69, 9.17) is 15.2 Å². The third-order valence-electron chi connectivity index (χ3n) is 2.62. The van der Waals surface area contributed by atoms with Crippen molar-refractivity contribution in [1.82, 2.24) is 15.4 Å². The molecule has 1 aromatic heterocycles. The number of carbonyl (C=O) groups excluding carboxylic acids is 2. The minimum absolute atomic E-state index is 0.00313. The van der Waals surface area contributed by atoms with Gasteiger partial charge in [-0.2, -0.15) is 15.4 Å². The van der Waals surface area contributed by atoms with Gasteiger partial charge in [-0.25, -0.2) is 0 Å². The molecule has 0 saturated heterocycles. The van der Waals surface area contributed by atoms with Gasteiger partial charge in [0.1, 0.15) is 5.69 Å². The van der Waals surface area contributed by atoms with Crippen molar-refractivity contribution < 1.29 is 19.1 Å². The summed E-state index contributed by atoms with van der Waals surface area (Å²) in [6.07, 6.45) is 0. The minimum atomic E-state index is -0.710. The van der Waals surface area contributed by atoms with Gasteiger partial charge >= 0.3 is 5.97 Å². The van der Waals surface area contributed by atoms with Crippen LogP contribution in [0.15, 0.2) is 16.6 Å². The maximum atomic E-state index is 11.4. The van der Waals surface area contributed by atoms with Gasteiger partial charge in [-0.15, -0.1) is 0 Å². The first-order valence-electron chi connectivity index (χ1n) is 6.29. The summed E-state index contributed by atoms with van der Waals surface area (Å²) < 4.78 is 11.1. The minimum Gasteiger partial charge on any atom is -0.490 e. The lowest BCUT2D eigenvalue weighted by atomic mass is 10.1. The van der Waals surface area contributed by atoms with Crippen molar-refractivity contribution in [3.05, 3.63) is 22.3 Å². The zero-order chi connectivity index (χ0) is 16.3. The topological polar surface area (TPSA) is 120 Å². The molecule has 1 amide bonds. The summed E-state index contributed by atoms with van der Waals surface area (Å²) in [5.41, 5.74) is 6.07. The Morgan fingerprint density at radius 2 is 2.05 bits per heavy atom. The second kappa shape index (κ2) is 6.56. The molecule has 22 heavy (non-hydrogen) atoms. The number of esters is 1. The Balaban J connectivity index is 2.57. The summed E-state index contributed by atoms with van der Waals surface area (Å²) in [6.45, 7) is 3.46. The molecule has 0 aliphatic rings. The number of H-pyrrole nitrogens is 1. The van der Waals surface area contributed by atoms with Crippen LogP contribution in [0.2, 0.25) is 0 Å². The Labute approximate surface area is 134 Å². The zero-order valence-electron chi connectivity index (χ0n) is 11.8. The molecule has 0 unspecified atom stereocenters. The smallest absolute Gasteiger partial charge is 0.308 e. The molecule has 2 aromatic rings. The lowest BCUT2D eigenvalue weighted by Gasteiger charge is -2.12. The second-order valence-corrected chi connectivity index (χ2v) is 5.04. The first-order chi connectivity index (χ1) is 10.4. The van der Waals surface area contributed by atoms with Crippen molar-refractivity contribution in [2.45, 2.75) is 13.8 Å². The van der Waals surface area contributed by atoms with E-state index in [1.54, 1.807) is 19.1 Å². The summed E-state index contributed by atoms with van der Waals surface area (Å²) in [5, 5.41) is 10.0. The molecule has 0 spiro atoms. The number of rotatable bonds is 5. The van der Waals surface area contributed by atoms with Gasteiger partial charge in [-0.1, -0.05) is 0 Å². The molecule has 9 heteroatoms. The van der Waals surface area contributed by atoms with Crippen LogP contribution < -0.4 is 15.2 Å². The first-order valence-corrected chi connectivity index (χ1v) is 7.09. The molecule has 1 heterocycles. The highest BCUT2D eigenvalue weighted by Crippen LogP contribution is 2.38. The number of aromatic amines is 1. The SMILES string of the molecule is CCOc1cc(-c2n[nH]nc2C(N)=O)c(Br)cc1OC(C)=O. The molecule has 0 radical (unpaired) electrons. The fourth-order valence-corrected chi connectivity index (χ4v) is 2.32. The van der Waals surface area contributed by atoms with Crippen molar-refractivity contribution >= 4 is 27.8 Å². The second-order valence-electron chi connectivity index (χ2n) is 4.19. The van der Waals surface area contributed by atoms with Crippen LogP contribution in [0.5, 0.6) is 11.5 Å². The molecule has 0 atom stereocenters. The number of nitrogens with one attached hydrogen (secondary N) is 1. The van der Waals surface area contributed by atoms with Crippen LogP contribution in [0.25, 0.3) is 11.3 Å². The predicted molar refractivity (Wildman–Crippen MR) is 80.5 cm³/mol. The quantitative estimate of drug-likeness (QED) is 0.611. The van der Waals surface area contributed by atoms with E-state index < -0.39 is 11.9 Å². The summed E-state index contributed by atoms with van der Waals surface area (Å²) in [6, 6.07) is 3.15. The number of primary amides is 1. The number of carbonyl (C=O) groups is 2. The molecular weight excluding hydrogens is 356 g/mol. The Hall–Kier alpha value is -2.42. The normalized spacial score (nSPS) is 10.3. The van der Waals surface area contributed by atoms with Crippen LogP contribution in [-0.2, 0) is 4.79 Å². The number of amides is 1. The molecule has 0 fully saturated rings. The van der Waals surface area contributed by atoms with Gasteiger partial charge in [-0.05, 0) is 35.0 Å². The first kappa shape index (κ1) is 16.0. The number of halogens is 1. The van der Waals surface area contributed by atoms with E-state index in [1.165, 1.54) is 6.92 Å². The van der Waals surface area contributed by atoms with E-state index in [9.17, 15) is 9.59 Å². The third-order valence-corrected chi connectivity index (χ3v) is 3.28. The molecule has 0 aliphatic heterocycles. The largest absolute Gasteiger partial charge is 0.490 e. The van der Waals surface area contributed by atoms with E-state index >= 15 is 0 Å². The monoisotopic (exact) mass is 368 g/mol. The molecular formula is C13H13BrN4O4. The van der Waals surface area contributed by atoms with Gasteiger partial charge < -0.3 is 15.2 Å². The predicted octanol–water partition coefficient (Wildman–Crippen LogP) is 1.66. The van der Waals surface area contributed by atoms with Gasteiger partial charge in [0, 0.05) is 17.0 Å². The van der Waals surface area contributed by atoms with E-state index in [0.29, 0.717) is 22.4 Å². The van der Waals surface area contributed by atoms with Gasteiger partial charge in [0.05, 0.1) is 6.61 Å². The maximum absolute atomic E-state index is 11.4. The molecule has 116 valence electrons. The van der Waals surface area contributed by atoms with E-state index in [-0.39, 0.29) is 17.1 Å². The van der Waals surface area contributed by atoms with E-state index in [1.807, 2.05) is 0 Å². The van der Waals surface area contributed by atoms with Crippen molar-refractivity contribution in [1.29, 1.82) is 0 Å². The summed E-state index contributed by atoms with van der Waals surface area (Å²) >= 11 is 3.35. The number of benzene rings is 1. The number of ether oxygens (including phenoxy) is 2. The highest BCUT2D eigenvalue weighted by Gasteiger charge is 2.20. The highest BCUT2D eigenvalue weighted by atomic mass is 79.9. The third kappa shape index (κ3) is 3.25. The van der Waals surface area contributed by atoms with Crippen LogP contribution >= 0.6 is 15.9 Å². The fraction of sp³-hybridized carbons (Fsp3) is 0.231. The van der Waals surface area contributed by atoms with Gasteiger partial charge in [0.2, 0.25) is 0 Å². The molecule has 3 N–H and O–H groups in total. The van der Waals surface area contributed by atoms with Crippen molar-refractivity contribution in [2.75, 3.05) is 6.61 Å². The van der Waals surface area contributed by atoms with Gasteiger partial charge in [0.25, 0.3) is 5.91 Å². The molecule has 2 rings (SSSR count). The Morgan fingerprint density at radius 1 is 1.32 bits per heavy atom. The Kier molecular flexibility index (Phi) is 4.76. The van der Waals surface area contributed by atoms with Crippen LogP contribution in [0.1, 0.15) is 24.3 Å². The number of hydrogen-bond acceptors (Lipinski definition) is 6. The summed E-state index contributed by atoms with van der Waals surface area (Å²) in [4.78, 5) is 22.5. The van der Waals surface area contributed by atoms with Crippen molar-refractivity contribution in [3.8, 4) is 22.8 Å². The van der Waals surface area contributed by atoms with E-state index in [0.717, 1.165) is 0 Å². The van der Waals surface area contributed by atoms with Gasteiger partial charge in [0.15, 0.2) is 17.2 Å². The lowest BCUT2D eigenvalue weighted by molar-refractivity contribution is -0.132. The standard InChI is InChI=1S/C13H13BrN4O4/c1-3-21-9-4-7(8(14)5-10(9)22-6(2)19)11-12(13(15)20)17-18-16-11/h4-5H,3H2,1-2H3,(H2,15,20)(H,16,17,18). The molecule has 0 saturated carbocycles. The number of nitrogens with two attached hydrogens (primary N) is 1. The maximum Gasteiger partial charge on any atom is 0.308 e. The Morgan fingerprint density at radius 3 is 2.64 bits per heavy atom. The molecule has 8 nitrogen and oxygen atoms in total. The summed E-state index contributed by atoms with van der Waals surface area (Å²) in [5.74, 6) is -0.582. The lowest BCUT2D eigenvalue weighted by Crippen LogP contribution is -2.13. The molecule has 0 bridgehead atoms. The van der Waals surface area contributed by atoms with Crippen LogP contribution in [0.4, 0.5) is 0 Å². The van der Waals surface area contributed by atoms with Crippen LogP contribution in [0, 0.1) is 0 Å².